The zero-order valence-corrected chi connectivity index (χ0v) is 21.6. The fourth-order valence-corrected chi connectivity index (χ4v) is 4.21. The lowest BCUT2D eigenvalue weighted by molar-refractivity contribution is -0.120. The van der Waals surface area contributed by atoms with Gasteiger partial charge in [-0.1, -0.05) is 51.3 Å². The van der Waals surface area contributed by atoms with Crippen molar-refractivity contribution in [2.45, 2.75) is 52.4 Å². The molecule has 0 N–H and O–H groups in total. The van der Waals surface area contributed by atoms with Gasteiger partial charge in [0.05, 0.1) is 22.9 Å². The minimum Gasteiger partial charge on any atom is -0.299 e. The number of ketones is 4. The van der Waals surface area contributed by atoms with Crippen LogP contribution in [0.3, 0.4) is 0 Å². The van der Waals surface area contributed by atoms with Gasteiger partial charge in [0.25, 0.3) is 0 Å². The third-order valence-electron chi connectivity index (χ3n) is 5.94. The molecule has 2 aromatic carbocycles. The summed E-state index contributed by atoms with van der Waals surface area (Å²) in [4.78, 5) is 47.0. The Labute approximate surface area is 212 Å². The fourth-order valence-electron chi connectivity index (χ4n) is 3.47. The fraction of sp³-hybridized carbons (Fsp3) is 0.385. The Morgan fingerprint density at radius 3 is 1.76 bits per heavy atom. The summed E-state index contributed by atoms with van der Waals surface area (Å²) in [5.74, 6) is 0.192. The van der Waals surface area contributed by atoms with Crippen LogP contribution < -0.4 is 0 Å². The topological polar surface area (TPSA) is 68.3 Å². The van der Waals surface area contributed by atoms with E-state index in [-0.39, 0.29) is 47.8 Å². The van der Waals surface area contributed by atoms with Crippen LogP contribution in [0.2, 0.25) is 10.0 Å². The molecule has 2 aliphatic rings. The maximum atomic E-state index is 11.9. The van der Waals surface area contributed by atoms with Crippen molar-refractivity contribution in [2.75, 3.05) is 0 Å². The largest absolute Gasteiger partial charge is 0.299 e. The summed E-state index contributed by atoms with van der Waals surface area (Å²) < 4.78 is 0.914. The van der Waals surface area contributed by atoms with Crippen molar-refractivity contribution in [3.63, 3.8) is 0 Å². The third-order valence-corrected chi connectivity index (χ3v) is 7.70. The predicted molar refractivity (Wildman–Crippen MR) is 133 cm³/mol. The van der Waals surface area contributed by atoms with E-state index >= 15 is 0 Å². The zero-order chi connectivity index (χ0) is 24.3. The maximum absolute atomic E-state index is 11.9. The van der Waals surface area contributed by atoms with Crippen LogP contribution >= 0.6 is 39.1 Å². The highest BCUT2D eigenvalue weighted by Gasteiger charge is 2.32. The number of carbonyl (C=O) groups is 4. The summed E-state index contributed by atoms with van der Waals surface area (Å²) in [5.41, 5.74) is 2.71. The minimum atomic E-state index is -0.169. The molecule has 0 aromatic heterocycles. The Balaban J connectivity index is 0.000000186. The van der Waals surface area contributed by atoms with Crippen LogP contribution in [-0.2, 0) is 9.59 Å². The van der Waals surface area contributed by atoms with E-state index in [1.165, 1.54) is 0 Å². The average Bonchev–Trinajstić information content (AvgIpc) is 3.66. The van der Waals surface area contributed by atoms with E-state index < -0.39 is 0 Å². The Morgan fingerprint density at radius 1 is 0.788 bits per heavy atom. The molecule has 174 valence electrons. The summed E-state index contributed by atoms with van der Waals surface area (Å²) in [6.45, 7) is 3.63. The maximum Gasteiger partial charge on any atom is 0.170 e. The molecule has 0 aliphatic heterocycles. The molecule has 2 saturated carbocycles. The first-order valence-corrected chi connectivity index (χ1v) is 12.5. The molecule has 7 heteroatoms. The van der Waals surface area contributed by atoms with Crippen LogP contribution in [0.4, 0.5) is 0 Å². The second-order valence-electron chi connectivity index (χ2n) is 8.63. The van der Waals surface area contributed by atoms with E-state index in [9.17, 15) is 19.2 Å². The summed E-state index contributed by atoms with van der Waals surface area (Å²) in [6, 6.07) is 8.72. The smallest absolute Gasteiger partial charge is 0.170 e. The standard InChI is InChI=1S/C13H13BrO2.C13H12Cl2O2/c1-8-10(3-2-4-11(8)14)13(16)7-12(15)9-5-6-9;1-7-9(4-5-10(14)13(7)15)12(17)6-11(16)8-2-3-8/h2-4,9H,5-7H2,1H3;4-5,8H,2-3,6H2,1H3. The van der Waals surface area contributed by atoms with Crippen LogP contribution in [0.1, 0.15) is 70.4 Å². The molecule has 0 spiro atoms. The molecule has 0 atom stereocenters. The lowest BCUT2D eigenvalue weighted by Gasteiger charge is -2.07. The van der Waals surface area contributed by atoms with Crippen LogP contribution in [-0.4, -0.2) is 23.1 Å². The Hall–Kier alpha value is -1.82. The van der Waals surface area contributed by atoms with Gasteiger partial charge in [0.2, 0.25) is 0 Å². The number of rotatable bonds is 8. The molecule has 0 amide bonds. The van der Waals surface area contributed by atoms with Gasteiger partial charge in [0.1, 0.15) is 11.6 Å². The van der Waals surface area contributed by atoms with Gasteiger partial charge in [-0.25, -0.2) is 0 Å². The van der Waals surface area contributed by atoms with Crippen molar-refractivity contribution < 1.29 is 19.2 Å². The van der Waals surface area contributed by atoms with Crippen LogP contribution in [0.5, 0.6) is 0 Å². The quantitative estimate of drug-likeness (QED) is 0.258. The molecular formula is C26H25BrCl2O4. The van der Waals surface area contributed by atoms with Gasteiger partial charge in [-0.3, -0.25) is 19.2 Å². The van der Waals surface area contributed by atoms with E-state index in [0.717, 1.165) is 35.7 Å². The Kier molecular flexibility index (Phi) is 8.65. The van der Waals surface area contributed by atoms with Crippen LogP contribution in [0.25, 0.3) is 0 Å². The Bertz CT molecular complexity index is 1120. The van der Waals surface area contributed by atoms with Gasteiger partial charge < -0.3 is 0 Å². The van der Waals surface area contributed by atoms with Crippen LogP contribution in [0, 0.1) is 25.7 Å². The highest BCUT2D eigenvalue weighted by Crippen LogP contribution is 2.33. The second-order valence-corrected chi connectivity index (χ2v) is 10.3. The second kappa shape index (κ2) is 11.1. The number of halogens is 3. The number of carbonyl (C=O) groups excluding carboxylic acids is 4. The molecular weight excluding hydrogens is 527 g/mol. The average molecular weight is 552 g/mol. The van der Waals surface area contributed by atoms with Gasteiger partial charge in [-0.15, -0.1) is 0 Å². The number of hydrogen-bond acceptors (Lipinski definition) is 4. The first kappa shape index (κ1) is 25.8. The van der Waals surface area contributed by atoms with E-state index in [1.807, 2.05) is 19.1 Å². The van der Waals surface area contributed by atoms with Crippen molar-refractivity contribution in [1.82, 2.24) is 0 Å². The van der Waals surface area contributed by atoms with Gasteiger partial charge in [0.15, 0.2) is 11.6 Å². The lowest BCUT2D eigenvalue weighted by atomic mass is 10.00. The van der Waals surface area contributed by atoms with Gasteiger partial charge >= 0.3 is 0 Å². The molecule has 4 rings (SSSR count). The number of benzene rings is 2. The van der Waals surface area contributed by atoms with Crippen molar-refractivity contribution in [2.24, 2.45) is 11.8 Å². The van der Waals surface area contributed by atoms with Gasteiger partial charge in [-0.05, 0) is 68.9 Å². The van der Waals surface area contributed by atoms with E-state index in [1.54, 1.807) is 25.1 Å². The third kappa shape index (κ3) is 6.84. The molecule has 4 nitrogen and oxygen atoms in total. The molecule has 2 aromatic rings. The van der Waals surface area contributed by atoms with E-state index in [4.69, 9.17) is 23.2 Å². The van der Waals surface area contributed by atoms with Crippen molar-refractivity contribution in [3.05, 3.63) is 67.1 Å². The molecule has 33 heavy (non-hydrogen) atoms. The Morgan fingerprint density at radius 2 is 1.27 bits per heavy atom. The molecule has 2 aliphatic carbocycles. The summed E-state index contributed by atoms with van der Waals surface area (Å²) in [5, 5.41) is 0.811. The number of Topliss-reactive ketones (excluding diaryl/α,β-unsaturated/α-hetero) is 4. The molecule has 0 bridgehead atoms. The highest BCUT2D eigenvalue weighted by molar-refractivity contribution is 9.10. The van der Waals surface area contributed by atoms with Gasteiger partial charge in [-0.2, -0.15) is 0 Å². The number of hydrogen-bond donors (Lipinski definition) is 0. The normalized spacial score (nSPS) is 14.8. The van der Waals surface area contributed by atoms with Crippen molar-refractivity contribution in [1.29, 1.82) is 0 Å². The highest BCUT2D eigenvalue weighted by atomic mass is 79.9. The van der Waals surface area contributed by atoms with E-state index in [0.29, 0.717) is 26.7 Å². The van der Waals surface area contributed by atoms with Gasteiger partial charge in [0, 0.05) is 27.4 Å². The first-order valence-electron chi connectivity index (χ1n) is 10.9. The van der Waals surface area contributed by atoms with Crippen molar-refractivity contribution in [3.8, 4) is 0 Å². The van der Waals surface area contributed by atoms with E-state index in [2.05, 4.69) is 15.9 Å². The predicted octanol–water partition coefficient (Wildman–Crippen LogP) is 7.16. The molecule has 0 saturated heterocycles. The zero-order valence-electron chi connectivity index (χ0n) is 18.6. The molecule has 0 heterocycles. The summed E-state index contributed by atoms with van der Waals surface area (Å²) in [7, 11) is 0. The molecule has 0 radical (unpaired) electrons. The molecule has 2 fully saturated rings. The van der Waals surface area contributed by atoms with Crippen LogP contribution in [0.15, 0.2) is 34.8 Å². The summed E-state index contributed by atoms with van der Waals surface area (Å²) in [6.07, 6.45) is 3.80. The van der Waals surface area contributed by atoms with Crippen molar-refractivity contribution >= 4 is 62.3 Å². The minimum absolute atomic E-state index is 0.0243. The molecule has 0 unspecified atom stereocenters. The SMILES string of the molecule is Cc1c(Br)cccc1C(=O)CC(=O)C1CC1.Cc1c(C(=O)CC(=O)C2CC2)ccc(Cl)c1Cl. The monoisotopic (exact) mass is 550 g/mol. The summed E-state index contributed by atoms with van der Waals surface area (Å²) >= 11 is 15.2. The lowest BCUT2D eigenvalue weighted by Crippen LogP contribution is -2.11. The first-order chi connectivity index (χ1) is 15.6.